The number of piperidine rings is 1. The fraction of sp³-hybridized carbons (Fsp3) is 0.462. The molecule has 4 N–H and O–H groups in total. The molecule has 0 radical (unpaired) electrons. The van der Waals surface area contributed by atoms with Gasteiger partial charge in [0, 0.05) is 51.2 Å². The van der Waals surface area contributed by atoms with E-state index in [9.17, 15) is 14.7 Å². The Labute approximate surface area is 211 Å². The first-order valence-electron chi connectivity index (χ1n) is 12.4. The summed E-state index contributed by atoms with van der Waals surface area (Å²) in [6.07, 6.45) is 9.77. The molecule has 1 aromatic rings. The Balaban J connectivity index is 1.49. The van der Waals surface area contributed by atoms with E-state index in [4.69, 9.17) is 10.7 Å². The number of anilines is 1. The highest BCUT2D eigenvalue weighted by atomic mass is 16.3. The van der Waals surface area contributed by atoms with E-state index in [1.807, 2.05) is 4.90 Å². The zero-order valence-corrected chi connectivity index (χ0v) is 21.0. The third-order valence-corrected chi connectivity index (χ3v) is 6.81. The normalized spacial score (nSPS) is 21.2. The minimum absolute atomic E-state index is 0.0972. The van der Waals surface area contributed by atoms with E-state index in [0.717, 1.165) is 25.7 Å². The van der Waals surface area contributed by atoms with Crippen molar-refractivity contribution in [2.45, 2.75) is 50.7 Å². The zero-order valence-electron chi connectivity index (χ0n) is 21.0. The van der Waals surface area contributed by atoms with Gasteiger partial charge in [-0.3, -0.25) is 9.59 Å². The first kappa shape index (κ1) is 25.4. The van der Waals surface area contributed by atoms with E-state index in [-0.39, 0.29) is 24.0 Å². The summed E-state index contributed by atoms with van der Waals surface area (Å²) in [5, 5.41) is 12.7. The molecule has 0 bridgehead atoms. The largest absolute Gasteiger partial charge is 0.404 e. The number of hydrogen-bond donors (Lipinski definition) is 3. The van der Waals surface area contributed by atoms with Gasteiger partial charge in [0.25, 0.3) is 11.8 Å². The molecule has 1 saturated heterocycles. The van der Waals surface area contributed by atoms with Crippen molar-refractivity contribution in [2.75, 3.05) is 32.5 Å². The van der Waals surface area contributed by atoms with Crippen molar-refractivity contribution in [2.24, 2.45) is 10.7 Å². The third kappa shape index (κ3) is 5.43. The number of aliphatic hydroxyl groups excluding tert-OH is 1. The number of nitrogens with zero attached hydrogens (tertiary/aromatic N) is 5. The van der Waals surface area contributed by atoms with E-state index in [1.165, 1.54) is 12.4 Å². The number of likely N-dealkylation sites (N-methyl/N-ethyl adjacent to an activating group) is 1. The highest BCUT2D eigenvalue weighted by Gasteiger charge is 2.37. The molecule has 2 fully saturated rings. The fourth-order valence-electron chi connectivity index (χ4n) is 4.85. The summed E-state index contributed by atoms with van der Waals surface area (Å²) < 4.78 is 0. The number of pyridine rings is 1. The van der Waals surface area contributed by atoms with Gasteiger partial charge in [0.05, 0.1) is 11.7 Å². The fourth-order valence-corrected chi connectivity index (χ4v) is 4.85. The molecule has 10 nitrogen and oxygen atoms in total. The minimum atomic E-state index is -0.335. The number of amidine groups is 1. The molecule has 1 aliphatic carbocycles. The number of rotatable bonds is 6. The summed E-state index contributed by atoms with van der Waals surface area (Å²) in [6, 6.07) is 3.59. The van der Waals surface area contributed by atoms with Crippen molar-refractivity contribution in [1.29, 1.82) is 0 Å². The van der Waals surface area contributed by atoms with Crippen molar-refractivity contribution in [3.8, 4) is 0 Å². The highest BCUT2D eigenvalue weighted by Crippen LogP contribution is 2.34. The van der Waals surface area contributed by atoms with Gasteiger partial charge in [-0.1, -0.05) is 19.4 Å². The van der Waals surface area contributed by atoms with Gasteiger partial charge in [0.15, 0.2) is 0 Å². The molecule has 1 saturated carbocycles. The van der Waals surface area contributed by atoms with Crippen molar-refractivity contribution >= 4 is 23.5 Å². The Bertz CT molecular complexity index is 1090. The van der Waals surface area contributed by atoms with Crippen LogP contribution in [0.4, 0.5) is 5.82 Å². The maximum Gasteiger partial charge on any atom is 0.270 e. The topological polar surface area (TPSA) is 127 Å². The Kier molecular flexibility index (Phi) is 7.73. The molecule has 2 amide bonds. The number of aliphatic imine (C=N–C) groups is 1. The van der Waals surface area contributed by atoms with Crippen LogP contribution < -0.4 is 11.1 Å². The standard InChI is InChI=1S/C26H35N7O3/c1-17(29-23-9-8-18(16-28-23)25(35)32-12-10-21(34)11-13-32)30-24-19(15-27)14-22(26(36)31(2)3)33(24)20-6-4-5-7-20/h8-9,14-16,20-21,34H,1,4-7,10-13,27H2,2-3H3,(H,28,29)/b19-15-,30-24+. The van der Waals surface area contributed by atoms with Crippen LogP contribution in [-0.2, 0) is 4.79 Å². The van der Waals surface area contributed by atoms with Crippen LogP contribution in [-0.4, -0.2) is 81.8 Å². The van der Waals surface area contributed by atoms with Gasteiger partial charge in [0.1, 0.15) is 23.2 Å². The second kappa shape index (κ2) is 10.9. The van der Waals surface area contributed by atoms with Crippen LogP contribution in [0.25, 0.3) is 0 Å². The van der Waals surface area contributed by atoms with Crippen molar-refractivity contribution in [3.63, 3.8) is 0 Å². The highest BCUT2D eigenvalue weighted by molar-refractivity contribution is 6.12. The molecule has 192 valence electrons. The van der Waals surface area contributed by atoms with Crippen molar-refractivity contribution in [1.82, 2.24) is 19.7 Å². The molecular weight excluding hydrogens is 458 g/mol. The van der Waals surface area contributed by atoms with Crippen LogP contribution in [0.1, 0.15) is 48.9 Å². The predicted molar refractivity (Wildman–Crippen MR) is 139 cm³/mol. The maximum absolute atomic E-state index is 12.9. The molecule has 0 unspecified atom stereocenters. The molecule has 0 aromatic carbocycles. The zero-order chi connectivity index (χ0) is 25.8. The minimum Gasteiger partial charge on any atom is -0.404 e. The predicted octanol–water partition coefficient (Wildman–Crippen LogP) is 2.03. The van der Waals surface area contributed by atoms with Crippen LogP contribution in [0.3, 0.4) is 0 Å². The molecule has 36 heavy (non-hydrogen) atoms. The lowest BCUT2D eigenvalue weighted by molar-refractivity contribution is -0.126. The summed E-state index contributed by atoms with van der Waals surface area (Å²) in [5.74, 6) is 1.23. The van der Waals surface area contributed by atoms with Gasteiger partial charge >= 0.3 is 0 Å². The van der Waals surface area contributed by atoms with Crippen molar-refractivity contribution < 1.29 is 14.7 Å². The van der Waals surface area contributed by atoms with Crippen LogP contribution >= 0.6 is 0 Å². The quantitative estimate of drug-likeness (QED) is 0.553. The van der Waals surface area contributed by atoms with E-state index >= 15 is 0 Å². The number of amides is 2. The molecule has 4 rings (SSSR count). The lowest BCUT2D eigenvalue weighted by atomic mass is 10.1. The number of likely N-dealkylation sites (tertiary alicyclic amines) is 1. The van der Waals surface area contributed by atoms with Gasteiger partial charge in [-0.2, -0.15) is 0 Å². The summed E-state index contributed by atoms with van der Waals surface area (Å²) in [4.78, 5) is 40.0. The van der Waals surface area contributed by atoms with Crippen LogP contribution in [0.5, 0.6) is 0 Å². The molecule has 10 heteroatoms. The molecule has 0 atom stereocenters. The lowest BCUT2D eigenvalue weighted by Gasteiger charge is -2.30. The number of hydrogen-bond acceptors (Lipinski definition) is 7. The Morgan fingerprint density at radius 3 is 2.50 bits per heavy atom. The lowest BCUT2D eigenvalue weighted by Crippen LogP contribution is -2.40. The van der Waals surface area contributed by atoms with E-state index in [0.29, 0.717) is 60.2 Å². The molecule has 3 heterocycles. The van der Waals surface area contributed by atoms with Gasteiger partial charge in [-0.15, -0.1) is 0 Å². The molecule has 2 aliphatic heterocycles. The monoisotopic (exact) mass is 493 g/mol. The van der Waals surface area contributed by atoms with Gasteiger partial charge in [0.2, 0.25) is 0 Å². The van der Waals surface area contributed by atoms with Gasteiger partial charge in [-0.25, -0.2) is 9.98 Å². The molecule has 1 aromatic heterocycles. The first-order chi connectivity index (χ1) is 17.3. The average Bonchev–Trinajstić information content (AvgIpc) is 3.52. The van der Waals surface area contributed by atoms with Gasteiger partial charge in [-0.05, 0) is 43.9 Å². The first-order valence-corrected chi connectivity index (χ1v) is 12.4. The van der Waals surface area contributed by atoms with E-state index in [2.05, 4.69) is 16.9 Å². The van der Waals surface area contributed by atoms with E-state index in [1.54, 1.807) is 42.1 Å². The van der Waals surface area contributed by atoms with Crippen LogP contribution in [0.2, 0.25) is 0 Å². The second-order valence-corrected chi connectivity index (χ2v) is 9.62. The maximum atomic E-state index is 12.9. The van der Waals surface area contributed by atoms with Crippen LogP contribution in [0, 0.1) is 0 Å². The summed E-state index contributed by atoms with van der Waals surface area (Å²) in [7, 11) is 3.46. The SMILES string of the molecule is C=C(/N=C1\C(=C/N)C=C(C(=O)N(C)C)N1C1CCCC1)Nc1ccc(C(=O)N2CCC(O)CC2)cn1. The Hall–Kier alpha value is -3.66. The number of carbonyl (C=O) groups excluding carboxylic acids is 2. The van der Waals surface area contributed by atoms with Crippen LogP contribution in [0.15, 0.2) is 59.3 Å². The summed E-state index contributed by atoms with van der Waals surface area (Å²) in [6.45, 7) is 5.11. The summed E-state index contributed by atoms with van der Waals surface area (Å²) in [5.41, 5.74) is 7.62. The molecule has 0 spiro atoms. The number of nitrogens with two attached hydrogens (primary N) is 1. The number of aliphatic hydroxyl groups is 1. The number of nitrogens with one attached hydrogen (secondary N) is 1. The van der Waals surface area contributed by atoms with E-state index < -0.39 is 0 Å². The smallest absolute Gasteiger partial charge is 0.270 e. The van der Waals surface area contributed by atoms with Crippen molar-refractivity contribution in [3.05, 3.63) is 59.8 Å². The summed E-state index contributed by atoms with van der Waals surface area (Å²) >= 11 is 0. The Morgan fingerprint density at radius 1 is 1.22 bits per heavy atom. The molecule has 3 aliphatic rings. The van der Waals surface area contributed by atoms with Gasteiger partial charge < -0.3 is 30.9 Å². The Morgan fingerprint density at radius 2 is 1.92 bits per heavy atom. The number of carbonyl (C=O) groups is 2. The number of aromatic nitrogens is 1. The second-order valence-electron chi connectivity index (χ2n) is 9.62. The average molecular weight is 494 g/mol. The molecular formula is C26H35N7O3. The third-order valence-electron chi connectivity index (χ3n) is 6.81.